The number of carboxylic acids is 1. The van der Waals surface area contributed by atoms with Crippen molar-refractivity contribution in [1.29, 1.82) is 0 Å². The van der Waals surface area contributed by atoms with Crippen LogP contribution in [0.5, 0.6) is 0 Å². The van der Waals surface area contributed by atoms with Crippen molar-refractivity contribution in [2.24, 2.45) is 5.92 Å². The molecule has 0 aliphatic rings. The van der Waals surface area contributed by atoms with Crippen LogP contribution >= 0.6 is 23.1 Å². The molecule has 2 aromatic carbocycles. The molecule has 6 nitrogen and oxygen atoms in total. The molecule has 0 radical (unpaired) electrons. The third-order valence-corrected chi connectivity index (χ3v) is 9.62. The molecular weight excluding hydrogens is 488 g/mol. The van der Waals surface area contributed by atoms with E-state index in [1.54, 1.807) is 49.9 Å². The Morgan fingerprint density at radius 1 is 1.12 bits per heavy atom. The number of fused-ring (bicyclic) bond motifs is 1. The molecule has 0 amide bonds. The molecule has 184 valence electrons. The normalized spacial score (nSPS) is 13.1. The minimum atomic E-state index is -4.07. The fraction of sp³-hybridized carbons (Fsp3) is 0.440. The predicted octanol–water partition coefficient (Wildman–Crippen LogP) is 6.27. The van der Waals surface area contributed by atoms with Crippen molar-refractivity contribution in [3.63, 3.8) is 0 Å². The molecule has 0 bridgehead atoms. The van der Waals surface area contributed by atoms with Gasteiger partial charge in [0.2, 0.25) is 10.0 Å². The van der Waals surface area contributed by atoms with Crippen LogP contribution in [0.3, 0.4) is 0 Å². The Bertz CT molecular complexity index is 1190. The van der Waals surface area contributed by atoms with Crippen LogP contribution in [-0.2, 0) is 21.4 Å². The van der Waals surface area contributed by atoms with Gasteiger partial charge in [0.05, 0.1) is 15.1 Å². The first kappa shape index (κ1) is 26.7. The number of hydrogen-bond donors (Lipinski definition) is 1. The fourth-order valence-electron chi connectivity index (χ4n) is 3.77. The molecule has 0 aliphatic heterocycles. The van der Waals surface area contributed by atoms with Crippen molar-refractivity contribution >= 4 is 49.3 Å². The second-order valence-corrected chi connectivity index (χ2v) is 12.8. The third-order valence-electron chi connectivity index (χ3n) is 5.55. The van der Waals surface area contributed by atoms with Gasteiger partial charge in [0, 0.05) is 12.3 Å². The molecule has 0 aliphatic carbocycles. The van der Waals surface area contributed by atoms with Gasteiger partial charge in [-0.05, 0) is 36.1 Å². The van der Waals surface area contributed by atoms with Gasteiger partial charge in [-0.1, -0.05) is 82.1 Å². The van der Waals surface area contributed by atoms with Crippen molar-refractivity contribution in [2.45, 2.75) is 68.3 Å². The lowest BCUT2D eigenvalue weighted by Crippen LogP contribution is -2.47. The van der Waals surface area contributed by atoms with Crippen LogP contribution in [0.1, 0.15) is 52.0 Å². The molecule has 0 spiro atoms. The number of thiazole rings is 1. The van der Waals surface area contributed by atoms with Crippen molar-refractivity contribution in [2.75, 3.05) is 5.75 Å². The lowest BCUT2D eigenvalue weighted by molar-refractivity contribution is -0.143. The second-order valence-electron chi connectivity index (χ2n) is 8.58. The molecule has 0 saturated carbocycles. The van der Waals surface area contributed by atoms with E-state index in [0.717, 1.165) is 36.6 Å². The van der Waals surface area contributed by atoms with Crippen molar-refractivity contribution in [3.8, 4) is 0 Å². The summed E-state index contributed by atoms with van der Waals surface area (Å²) in [5.74, 6) is -0.571. The summed E-state index contributed by atoms with van der Waals surface area (Å²) in [7, 11) is -4.07. The van der Waals surface area contributed by atoms with Crippen LogP contribution in [-0.4, -0.2) is 40.6 Å². The topological polar surface area (TPSA) is 87.6 Å². The molecular formula is C25H32N2O4S3. The maximum Gasteiger partial charge on any atom is 0.322 e. The fourth-order valence-corrected chi connectivity index (χ4v) is 7.75. The highest BCUT2D eigenvalue weighted by Gasteiger charge is 2.38. The zero-order valence-electron chi connectivity index (χ0n) is 19.8. The summed E-state index contributed by atoms with van der Waals surface area (Å²) in [5.41, 5.74) is 1.49. The summed E-state index contributed by atoms with van der Waals surface area (Å²) in [4.78, 5) is 16.8. The summed E-state index contributed by atoms with van der Waals surface area (Å²) in [5, 5.41) is 9.90. The number of aliphatic carboxylic acids is 1. The first-order chi connectivity index (χ1) is 16.2. The maximum absolute atomic E-state index is 13.8. The number of unbranched alkanes of at least 4 members (excludes halogenated alkanes) is 3. The van der Waals surface area contributed by atoms with E-state index in [9.17, 15) is 18.3 Å². The number of nitrogens with zero attached hydrogens (tertiary/aromatic N) is 2. The van der Waals surface area contributed by atoms with Gasteiger partial charge in [-0.25, -0.2) is 13.4 Å². The highest BCUT2D eigenvalue weighted by atomic mass is 32.2. The molecule has 9 heteroatoms. The number of carbonyl (C=O) groups is 1. The minimum Gasteiger partial charge on any atom is -0.480 e. The van der Waals surface area contributed by atoms with Gasteiger partial charge >= 0.3 is 5.97 Å². The number of benzene rings is 2. The van der Waals surface area contributed by atoms with Crippen LogP contribution in [0.2, 0.25) is 0 Å². The molecule has 1 N–H and O–H groups in total. The third kappa shape index (κ3) is 6.59. The van der Waals surface area contributed by atoms with Gasteiger partial charge in [-0.2, -0.15) is 4.31 Å². The Kier molecular flexibility index (Phi) is 9.53. The second kappa shape index (κ2) is 12.2. The van der Waals surface area contributed by atoms with Gasteiger partial charge in [-0.3, -0.25) is 4.79 Å². The van der Waals surface area contributed by atoms with E-state index < -0.39 is 28.0 Å². The van der Waals surface area contributed by atoms with Crippen LogP contribution in [0.4, 0.5) is 0 Å². The van der Waals surface area contributed by atoms with E-state index in [-0.39, 0.29) is 11.4 Å². The first-order valence-electron chi connectivity index (χ1n) is 11.6. The van der Waals surface area contributed by atoms with Gasteiger partial charge in [0.15, 0.2) is 4.34 Å². The van der Waals surface area contributed by atoms with Gasteiger partial charge < -0.3 is 5.11 Å². The van der Waals surface area contributed by atoms with Gasteiger partial charge in [0.25, 0.3) is 0 Å². The Morgan fingerprint density at radius 3 is 2.50 bits per heavy atom. The van der Waals surface area contributed by atoms with E-state index in [1.807, 2.05) is 18.2 Å². The lowest BCUT2D eigenvalue weighted by Gasteiger charge is -2.30. The number of hydrogen-bond acceptors (Lipinski definition) is 6. The summed E-state index contributed by atoms with van der Waals surface area (Å²) < 4.78 is 30.3. The Balaban J connectivity index is 1.91. The first-order valence-corrected chi connectivity index (χ1v) is 14.8. The highest BCUT2D eigenvalue weighted by molar-refractivity contribution is 8.01. The molecule has 34 heavy (non-hydrogen) atoms. The Morgan fingerprint density at radius 2 is 1.85 bits per heavy atom. The molecule has 3 aromatic rings. The van der Waals surface area contributed by atoms with Crippen LogP contribution in [0, 0.1) is 5.92 Å². The molecule has 1 heterocycles. The molecule has 0 fully saturated rings. The van der Waals surface area contributed by atoms with E-state index in [4.69, 9.17) is 0 Å². The number of thioether (sulfide) groups is 1. The summed E-state index contributed by atoms with van der Waals surface area (Å²) in [6, 6.07) is 12.8. The van der Waals surface area contributed by atoms with Crippen LogP contribution < -0.4 is 0 Å². The van der Waals surface area contributed by atoms with Gasteiger partial charge in [-0.15, -0.1) is 11.3 Å². The zero-order valence-corrected chi connectivity index (χ0v) is 22.3. The van der Waals surface area contributed by atoms with Crippen LogP contribution in [0.15, 0.2) is 57.8 Å². The summed E-state index contributed by atoms with van der Waals surface area (Å²) in [6.45, 7) is 5.62. The largest absolute Gasteiger partial charge is 0.480 e. The highest BCUT2D eigenvalue weighted by Crippen LogP contribution is 2.33. The van der Waals surface area contributed by atoms with E-state index in [2.05, 4.69) is 11.9 Å². The number of carboxylic acid groups (broad SMARTS) is 1. The summed E-state index contributed by atoms with van der Waals surface area (Å²) >= 11 is 3.18. The average Bonchev–Trinajstić information content (AvgIpc) is 3.21. The average molecular weight is 521 g/mol. The lowest BCUT2D eigenvalue weighted by atomic mass is 10.0. The van der Waals surface area contributed by atoms with Crippen molar-refractivity contribution in [3.05, 3.63) is 54.1 Å². The molecule has 3 rings (SSSR count). The smallest absolute Gasteiger partial charge is 0.322 e. The van der Waals surface area contributed by atoms with Crippen LogP contribution in [0.25, 0.3) is 10.2 Å². The SMILES string of the molecule is CCCCCCSc1nc2ccc(S(=O)(=O)N(Cc3ccccc3)[C@@H](C(=O)O)C(C)C)cc2s1. The summed E-state index contributed by atoms with van der Waals surface area (Å²) in [6.07, 6.45) is 4.77. The zero-order chi connectivity index (χ0) is 24.7. The number of aromatic nitrogens is 1. The predicted molar refractivity (Wildman–Crippen MR) is 140 cm³/mol. The van der Waals surface area contributed by atoms with E-state index in [0.29, 0.717) is 0 Å². The minimum absolute atomic E-state index is 0.0160. The molecule has 0 saturated heterocycles. The standard InChI is InChI=1S/C25H32N2O4S3/c1-4-5-6-10-15-32-25-26-21-14-13-20(16-22(21)33-25)34(30,31)27(23(18(2)3)24(28)29)17-19-11-8-7-9-12-19/h7-9,11-14,16,18,23H,4-6,10,15,17H2,1-3H3,(H,28,29)/t23-/m1/s1. The van der Waals surface area contributed by atoms with Crippen molar-refractivity contribution < 1.29 is 18.3 Å². The Labute approximate surface area is 210 Å². The van der Waals surface area contributed by atoms with E-state index in [1.165, 1.54) is 36.7 Å². The number of sulfonamides is 1. The van der Waals surface area contributed by atoms with E-state index >= 15 is 0 Å². The van der Waals surface area contributed by atoms with Gasteiger partial charge in [0.1, 0.15) is 6.04 Å². The quantitative estimate of drug-likeness (QED) is 0.211. The molecule has 1 atom stereocenters. The molecule has 0 unspecified atom stereocenters. The monoisotopic (exact) mass is 520 g/mol. The molecule has 1 aromatic heterocycles. The Hall–Kier alpha value is -1.94. The van der Waals surface area contributed by atoms with Crippen molar-refractivity contribution in [1.82, 2.24) is 9.29 Å². The maximum atomic E-state index is 13.8. The number of rotatable bonds is 13.